The number of amides is 1. The minimum absolute atomic E-state index is 0.179. The van der Waals surface area contributed by atoms with Crippen LogP contribution in [-0.2, 0) is 4.74 Å². The molecule has 0 aliphatic heterocycles. The molecule has 0 aromatic heterocycles. The molecule has 1 rings (SSSR count). The second-order valence-electron chi connectivity index (χ2n) is 2.58. The van der Waals surface area contributed by atoms with Gasteiger partial charge in [-0.3, -0.25) is 4.79 Å². The fourth-order valence-electron chi connectivity index (χ4n) is 0.968. The van der Waals surface area contributed by atoms with Crippen molar-refractivity contribution in [3.05, 3.63) is 34.3 Å². The molecule has 1 amide bonds. The largest absolute Gasteiger partial charge is 0.465 e. The van der Waals surface area contributed by atoms with Gasteiger partial charge in [-0.05, 0) is 18.2 Å². The summed E-state index contributed by atoms with van der Waals surface area (Å²) in [5.41, 5.74) is 5.42. The molecule has 74 valence electrons. The van der Waals surface area contributed by atoms with Gasteiger partial charge in [0.05, 0.1) is 12.7 Å². The van der Waals surface area contributed by atoms with Crippen LogP contribution in [0, 0.1) is 0 Å². The van der Waals surface area contributed by atoms with Gasteiger partial charge >= 0.3 is 5.97 Å². The molecule has 0 bridgehead atoms. The number of hydrogen-bond acceptors (Lipinski definition) is 3. The third-order valence-corrected chi connectivity index (χ3v) is 1.82. The molecule has 0 aliphatic rings. The zero-order chi connectivity index (χ0) is 10.7. The third-order valence-electron chi connectivity index (χ3n) is 1.60. The summed E-state index contributed by atoms with van der Waals surface area (Å²) < 4.78 is 4.48. The lowest BCUT2D eigenvalue weighted by Gasteiger charge is -2.02. The number of esters is 1. The third kappa shape index (κ3) is 2.23. The number of carbonyl (C=O) groups is 2. The van der Waals surface area contributed by atoms with E-state index in [1.54, 1.807) is 0 Å². The zero-order valence-corrected chi connectivity index (χ0v) is 8.17. The Balaban J connectivity index is 3.20. The topological polar surface area (TPSA) is 69.4 Å². The van der Waals surface area contributed by atoms with Crippen molar-refractivity contribution in [2.75, 3.05) is 7.11 Å². The number of nitrogens with two attached hydrogens (primary N) is 1. The molecular formula is C9H8ClNO3. The maximum Gasteiger partial charge on any atom is 0.337 e. The molecule has 14 heavy (non-hydrogen) atoms. The monoisotopic (exact) mass is 213 g/mol. The number of rotatable bonds is 2. The smallest absolute Gasteiger partial charge is 0.337 e. The van der Waals surface area contributed by atoms with Gasteiger partial charge < -0.3 is 10.5 Å². The van der Waals surface area contributed by atoms with Crippen LogP contribution in [0.25, 0.3) is 0 Å². The van der Waals surface area contributed by atoms with Gasteiger partial charge in [0.1, 0.15) is 0 Å². The highest BCUT2D eigenvalue weighted by molar-refractivity contribution is 6.31. The molecule has 0 aliphatic carbocycles. The maximum absolute atomic E-state index is 11.1. The van der Waals surface area contributed by atoms with Gasteiger partial charge in [-0.2, -0.15) is 0 Å². The van der Waals surface area contributed by atoms with E-state index in [1.807, 2.05) is 0 Å². The Morgan fingerprint density at radius 1 is 1.29 bits per heavy atom. The molecule has 0 radical (unpaired) electrons. The van der Waals surface area contributed by atoms with E-state index in [-0.39, 0.29) is 16.1 Å². The predicted molar refractivity (Wildman–Crippen MR) is 51.3 cm³/mol. The summed E-state index contributed by atoms with van der Waals surface area (Å²) in [5.74, 6) is -1.20. The minimum Gasteiger partial charge on any atom is -0.465 e. The first-order valence-corrected chi connectivity index (χ1v) is 4.11. The van der Waals surface area contributed by atoms with E-state index in [9.17, 15) is 9.59 Å². The van der Waals surface area contributed by atoms with E-state index in [0.29, 0.717) is 0 Å². The van der Waals surface area contributed by atoms with Crippen LogP contribution in [0.15, 0.2) is 18.2 Å². The Labute approximate surface area is 85.6 Å². The van der Waals surface area contributed by atoms with Crippen LogP contribution in [0.4, 0.5) is 0 Å². The molecule has 5 heteroatoms. The maximum atomic E-state index is 11.1. The van der Waals surface area contributed by atoms with E-state index in [0.717, 1.165) is 0 Å². The highest BCUT2D eigenvalue weighted by atomic mass is 35.5. The van der Waals surface area contributed by atoms with Crippen LogP contribution in [0.3, 0.4) is 0 Å². The summed E-state index contributed by atoms with van der Waals surface area (Å²) >= 11 is 5.68. The first-order chi connectivity index (χ1) is 6.54. The molecule has 4 nitrogen and oxygen atoms in total. The van der Waals surface area contributed by atoms with Crippen molar-refractivity contribution in [1.82, 2.24) is 0 Å². The standard InChI is InChI=1S/C9H8ClNO3/c1-14-9(13)6-2-5(8(11)12)3-7(10)4-6/h2-4H,1H3,(H2,11,12). The van der Waals surface area contributed by atoms with Crippen LogP contribution in [-0.4, -0.2) is 19.0 Å². The van der Waals surface area contributed by atoms with Crippen molar-refractivity contribution in [3.63, 3.8) is 0 Å². The van der Waals surface area contributed by atoms with Crippen molar-refractivity contribution < 1.29 is 14.3 Å². The highest BCUT2D eigenvalue weighted by Crippen LogP contribution is 2.15. The average molecular weight is 214 g/mol. The van der Waals surface area contributed by atoms with Crippen molar-refractivity contribution in [2.45, 2.75) is 0 Å². The van der Waals surface area contributed by atoms with Gasteiger partial charge in [-0.15, -0.1) is 0 Å². The Kier molecular flexibility index (Phi) is 3.09. The molecule has 0 atom stereocenters. The number of benzene rings is 1. The zero-order valence-electron chi connectivity index (χ0n) is 7.41. The number of methoxy groups -OCH3 is 1. The van der Waals surface area contributed by atoms with E-state index in [4.69, 9.17) is 17.3 Å². The SMILES string of the molecule is COC(=O)c1cc(Cl)cc(C(N)=O)c1. The molecule has 0 saturated heterocycles. The van der Waals surface area contributed by atoms with Crippen molar-refractivity contribution in [1.29, 1.82) is 0 Å². The lowest BCUT2D eigenvalue weighted by Crippen LogP contribution is -2.12. The van der Waals surface area contributed by atoms with E-state index >= 15 is 0 Å². The van der Waals surface area contributed by atoms with E-state index in [2.05, 4.69) is 4.74 Å². The van der Waals surface area contributed by atoms with Crippen LogP contribution in [0.5, 0.6) is 0 Å². The van der Waals surface area contributed by atoms with E-state index < -0.39 is 11.9 Å². The van der Waals surface area contributed by atoms with Gasteiger partial charge in [-0.1, -0.05) is 11.6 Å². The molecule has 0 unspecified atom stereocenters. The summed E-state index contributed by atoms with van der Waals surface area (Å²) in [6, 6.07) is 4.12. The number of halogens is 1. The normalized spacial score (nSPS) is 9.57. The molecule has 0 saturated carbocycles. The Hall–Kier alpha value is -1.55. The van der Waals surface area contributed by atoms with Gasteiger partial charge in [0.15, 0.2) is 0 Å². The molecule has 0 heterocycles. The van der Waals surface area contributed by atoms with Crippen molar-refractivity contribution in [2.24, 2.45) is 5.73 Å². The first-order valence-electron chi connectivity index (χ1n) is 3.73. The van der Waals surface area contributed by atoms with Crippen LogP contribution >= 0.6 is 11.6 Å². The molecule has 0 fully saturated rings. The lowest BCUT2D eigenvalue weighted by molar-refractivity contribution is 0.0600. The summed E-state index contributed by atoms with van der Waals surface area (Å²) in [7, 11) is 1.24. The molecule has 2 N–H and O–H groups in total. The van der Waals surface area contributed by atoms with E-state index in [1.165, 1.54) is 25.3 Å². The Morgan fingerprint density at radius 2 is 1.86 bits per heavy atom. The molecular weight excluding hydrogens is 206 g/mol. The number of carbonyl (C=O) groups excluding carboxylic acids is 2. The second kappa shape index (κ2) is 4.11. The van der Waals surface area contributed by atoms with Gasteiger partial charge in [-0.25, -0.2) is 4.79 Å². The van der Waals surface area contributed by atoms with Gasteiger partial charge in [0.25, 0.3) is 0 Å². The van der Waals surface area contributed by atoms with Gasteiger partial charge in [0, 0.05) is 10.6 Å². The fraction of sp³-hybridized carbons (Fsp3) is 0.111. The summed E-state index contributed by atoms with van der Waals surface area (Å²) in [4.78, 5) is 21.9. The van der Waals surface area contributed by atoms with Crippen LogP contribution in [0.2, 0.25) is 5.02 Å². The Bertz CT molecular complexity index is 390. The van der Waals surface area contributed by atoms with Gasteiger partial charge in [0.2, 0.25) is 5.91 Å². The lowest BCUT2D eigenvalue weighted by atomic mass is 10.1. The fourth-order valence-corrected chi connectivity index (χ4v) is 1.20. The predicted octanol–water partition coefficient (Wildman–Crippen LogP) is 1.23. The number of hydrogen-bond donors (Lipinski definition) is 1. The second-order valence-corrected chi connectivity index (χ2v) is 3.02. The minimum atomic E-state index is -0.641. The molecule has 1 aromatic rings. The molecule has 0 spiro atoms. The first kappa shape index (κ1) is 10.5. The van der Waals surface area contributed by atoms with Crippen LogP contribution < -0.4 is 5.73 Å². The highest BCUT2D eigenvalue weighted by Gasteiger charge is 2.10. The quantitative estimate of drug-likeness (QED) is 0.751. The average Bonchev–Trinajstić information content (AvgIpc) is 2.15. The summed E-state index contributed by atoms with van der Waals surface area (Å²) in [6.45, 7) is 0. The number of primary amides is 1. The Morgan fingerprint density at radius 3 is 2.36 bits per heavy atom. The summed E-state index contributed by atoms with van der Waals surface area (Å²) in [6.07, 6.45) is 0. The van der Waals surface area contributed by atoms with Crippen molar-refractivity contribution >= 4 is 23.5 Å². The van der Waals surface area contributed by atoms with Crippen molar-refractivity contribution in [3.8, 4) is 0 Å². The summed E-state index contributed by atoms with van der Waals surface area (Å²) in [5, 5.41) is 0.265. The number of ether oxygens (including phenoxy) is 1. The molecule has 1 aromatic carbocycles. The van der Waals surface area contributed by atoms with Crippen LogP contribution in [0.1, 0.15) is 20.7 Å².